The van der Waals surface area contributed by atoms with E-state index in [2.05, 4.69) is 34.3 Å². The van der Waals surface area contributed by atoms with Crippen LogP contribution in [0, 0.1) is 6.92 Å². The third kappa shape index (κ3) is 2.90. The Morgan fingerprint density at radius 2 is 2.11 bits per heavy atom. The first-order valence-corrected chi connectivity index (χ1v) is 9.76. The van der Waals surface area contributed by atoms with Crippen molar-refractivity contribution in [3.63, 3.8) is 0 Å². The van der Waals surface area contributed by atoms with E-state index in [4.69, 9.17) is 4.98 Å². The van der Waals surface area contributed by atoms with Crippen molar-refractivity contribution >= 4 is 28.9 Å². The summed E-state index contributed by atoms with van der Waals surface area (Å²) in [7, 11) is 0. The fraction of sp³-hybridized carbons (Fsp3) is 0.318. The normalized spacial score (nSPS) is 19.6. The van der Waals surface area contributed by atoms with Gasteiger partial charge in [-0.25, -0.2) is 9.97 Å². The number of nitrogens with zero attached hydrogens (tertiary/aromatic N) is 4. The molecule has 3 aromatic heterocycles. The molecule has 0 saturated carbocycles. The van der Waals surface area contributed by atoms with E-state index in [1.807, 2.05) is 41.9 Å². The lowest BCUT2D eigenvalue weighted by Gasteiger charge is -2.35. The lowest BCUT2D eigenvalue weighted by Crippen LogP contribution is -2.50. The van der Waals surface area contributed by atoms with Crippen molar-refractivity contribution in [1.29, 1.82) is 0 Å². The number of Topliss-reactive ketones (excluding diaryl/α,β-unsaturated/α-hetero) is 1. The van der Waals surface area contributed by atoms with Crippen molar-refractivity contribution in [1.82, 2.24) is 19.7 Å². The van der Waals surface area contributed by atoms with Gasteiger partial charge in [-0.3, -0.25) is 4.79 Å². The minimum Gasteiger partial charge on any atom is -0.351 e. The van der Waals surface area contributed by atoms with Crippen molar-refractivity contribution < 1.29 is 4.79 Å². The number of aromatic nitrogens is 3. The molecule has 5 rings (SSSR count). The molecule has 0 spiro atoms. The molecule has 1 fully saturated rings. The van der Waals surface area contributed by atoms with Crippen LogP contribution in [0.25, 0.3) is 17.3 Å². The number of rotatable bonds is 2. The lowest BCUT2D eigenvalue weighted by molar-refractivity contribution is -0.113. The number of anilines is 1. The van der Waals surface area contributed by atoms with E-state index in [1.54, 1.807) is 0 Å². The summed E-state index contributed by atoms with van der Waals surface area (Å²) in [6.07, 6.45) is 6.16. The molecule has 1 saturated heterocycles. The Labute approximate surface area is 163 Å². The Kier molecular flexibility index (Phi) is 4.02. The number of ketones is 1. The number of hydrogen-bond donors (Lipinski definition) is 1. The second-order valence-electron chi connectivity index (χ2n) is 7.71. The van der Waals surface area contributed by atoms with E-state index in [0.717, 1.165) is 53.6 Å². The summed E-state index contributed by atoms with van der Waals surface area (Å²) < 4.78 is 1.96. The zero-order valence-electron chi connectivity index (χ0n) is 16.1. The number of fused-ring (bicyclic) bond motifs is 2. The number of carbonyl (C=O) groups excluding carboxylic acids is 1. The lowest BCUT2D eigenvalue weighted by atomic mass is 9.93. The van der Waals surface area contributed by atoms with Crippen molar-refractivity contribution in [3.05, 3.63) is 59.2 Å². The monoisotopic (exact) mass is 373 g/mol. The zero-order chi connectivity index (χ0) is 19.3. The molecule has 142 valence electrons. The summed E-state index contributed by atoms with van der Waals surface area (Å²) in [5, 5.41) is 3.40. The van der Waals surface area contributed by atoms with Gasteiger partial charge in [0.2, 0.25) is 0 Å². The molecule has 1 N–H and O–H groups in total. The number of nitrogens with one attached hydrogen (secondary N) is 1. The van der Waals surface area contributed by atoms with Crippen LogP contribution in [0.1, 0.15) is 29.4 Å². The van der Waals surface area contributed by atoms with Gasteiger partial charge in [0.25, 0.3) is 0 Å². The highest BCUT2D eigenvalue weighted by Crippen LogP contribution is 2.29. The highest BCUT2D eigenvalue weighted by molar-refractivity contribution is 6.27. The van der Waals surface area contributed by atoms with Crippen LogP contribution in [0.2, 0.25) is 0 Å². The molecular formula is C22H23N5O. The highest BCUT2D eigenvalue weighted by Gasteiger charge is 2.25. The van der Waals surface area contributed by atoms with Crippen LogP contribution < -0.4 is 10.2 Å². The van der Waals surface area contributed by atoms with Crippen molar-refractivity contribution in [2.75, 3.05) is 24.5 Å². The molecule has 3 aromatic rings. The molecule has 1 atom stereocenters. The van der Waals surface area contributed by atoms with Crippen LogP contribution in [-0.2, 0) is 11.2 Å². The third-order valence-corrected chi connectivity index (χ3v) is 5.61. The molecule has 0 amide bonds. The van der Waals surface area contributed by atoms with E-state index in [9.17, 15) is 4.79 Å². The number of aryl methyl sites for hydroxylation is 1. The summed E-state index contributed by atoms with van der Waals surface area (Å²) in [5.74, 6) is 1.03. The van der Waals surface area contributed by atoms with Gasteiger partial charge in [-0.15, -0.1) is 0 Å². The van der Waals surface area contributed by atoms with Gasteiger partial charge in [0.05, 0.1) is 17.8 Å². The molecule has 2 aliphatic rings. The predicted molar refractivity (Wildman–Crippen MR) is 110 cm³/mol. The molecule has 6 heteroatoms. The minimum atomic E-state index is 0.0747. The van der Waals surface area contributed by atoms with Crippen LogP contribution in [0.4, 0.5) is 5.82 Å². The average molecular weight is 373 g/mol. The molecule has 1 aliphatic carbocycles. The molecule has 0 radical (unpaired) electrons. The summed E-state index contributed by atoms with van der Waals surface area (Å²) in [6, 6.07) is 8.60. The Hall–Kier alpha value is -2.99. The van der Waals surface area contributed by atoms with Gasteiger partial charge < -0.3 is 14.6 Å². The summed E-state index contributed by atoms with van der Waals surface area (Å²) in [5.41, 5.74) is 5.26. The summed E-state index contributed by atoms with van der Waals surface area (Å²) >= 11 is 0. The molecule has 6 nitrogen and oxygen atoms in total. The Balaban J connectivity index is 1.51. The van der Waals surface area contributed by atoms with Gasteiger partial charge in [0.1, 0.15) is 11.5 Å². The maximum atomic E-state index is 12.9. The van der Waals surface area contributed by atoms with Crippen molar-refractivity contribution in [3.8, 4) is 0 Å². The van der Waals surface area contributed by atoms with Crippen LogP contribution in [-0.4, -0.2) is 45.8 Å². The standard InChI is InChI=1S/C22H23N5O/c1-14-5-7-26-13-19(25-22(26)9-14)17-10-16-3-4-21(24-18(16)11-20(17)28)27-8-6-23-12-15(27)2/h3-5,7,9-10,13,15,23H,6,8,11-12H2,1-2H3/t15-/m0/s1. The van der Waals surface area contributed by atoms with Crippen molar-refractivity contribution in [2.45, 2.75) is 26.3 Å². The molecule has 1 aliphatic heterocycles. The van der Waals surface area contributed by atoms with Gasteiger partial charge in [-0.05, 0) is 55.3 Å². The van der Waals surface area contributed by atoms with Crippen LogP contribution >= 0.6 is 0 Å². The maximum Gasteiger partial charge on any atom is 0.171 e. The fourth-order valence-corrected chi connectivity index (χ4v) is 4.03. The second-order valence-corrected chi connectivity index (χ2v) is 7.71. The van der Waals surface area contributed by atoms with Gasteiger partial charge >= 0.3 is 0 Å². The zero-order valence-corrected chi connectivity index (χ0v) is 16.1. The van der Waals surface area contributed by atoms with E-state index in [0.29, 0.717) is 18.0 Å². The number of imidazole rings is 1. The smallest absolute Gasteiger partial charge is 0.171 e. The summed E-state index contributed by atoms with van der Waals surface area (Å²) in [6.45, 7) is 7.08. The average Bonchev–Trinajstić information content (AvgIpc) is 3.10. The number of piperazine rings is 1. The maximum absolute atomic E-state index is 12.9. The van der Waals surface area contributed by atoms with Gasteiger partial charge in [0.15, 0.2) is 5.78 Å². The quantitative estimate of drug-likeness (QED) is 0.748. The first-order valence-electron chi connectivity index (χ1n) is 9.76. The predicted octanol–water partition coefficient (Wildman–Crippen LogP) is 2.50. The van der Waals surface area contributed by atoms with Crippen LogP contribution in [0.3, 0.4) is 0 Å². The molecule has 0 aromatic carbocycles. The summed E-state index contributed by atoms with van der Waals surface area (Å²) in [4.78, 5) is 24.7. The number of allylic oxidation sites excluding steroid dienone is 1. The van der Waals surface area contributed by atoms with Crippen LogP contribution in [0.15, 0.2) is 36.7 Å². The molecule has 4 heterocycles. The van der Waals surface area contributed by atoms with E-state index < -0.39 is 0 Å². The first-order chi connectivity index (χ1) is 13.6. The van der Waals surface area contributed by atoms with E-state index in [1.165, 1.54) is 0 Å². The molecule has 0 unspecified atom stereocenters. The highest BCUT2D eigenvalue weighted by atomic mass is 16.1. The van der Waals surface area contributed by atoms with E-state index >= 15 is 0 Å². The minimum absolute atomic E-state index is 0.0747. The number of hydrogen-bond acceptors (Lipinski definition) is 5. The first kappa shape index (κ1) is 17.1. The van der Waals surface area contributed by atoms with Gasteiger partial charge in [0, 0.05) is 43.6 Å². The Morgan fingerprint density at radius 3 is 2.96 bits per heavy atom. The Morgan fingerprint density at radius 1 is 1.21 bits per heavy atom. The number of carbonyl (C=O) groups is 1. The fourth-order valence-electron chi connectivity index (χ4n) is 4.03. The molecular weight excluding hydrogens is 350 g/mol. The number of pyridine rings is 2. The second kappa shape index (κ2) is 6.56. The molecule has 0 bridgehead atoms. The topological polar surface area (TPSA) is 62.5 Å². The third-order valence-electron chi connectivity index (χ3n) is 5.61. The van der Waals surface area contributed by atoms with Crippen molar-refractivity contribution in [2.24, 2.45) is 0 Å². The largest absolute Gasteiger partial charge is 0.351 e. The molecule has 28 heavy (non-hydrogen) atoms. The van der Waals surface area contributed by atoms with Gasteiger partial charge in [-0.1, -0.05) is 0 Å². The van der Waals surface area contributed by atoms with E-state index in [-0.39, 0.29) is 5.78 Å². The van der Waals surface area contributed by atoms with Crippen LogP contribution in [0.5, 0.6) is 0 Å². The SMILES string of the molecule is Cc1ccn2cc(C3=Cc4ccc(N5CCNC[C@@H]5C)nc4CC3=O)nc2c1. The Bertz CT molecular complexity index is 1110. The van der Waals surface area contributed by atoms with Gasteiger partial charge in [-0.2, -0.15) is 0 Å².